The van der Waals surface area contributed by atoms with Gasteiger partial charge in [-0.15, -0.1) is 0 Å². The third-order valence-electron chi connectivity index (χ3n) is 2.83. The number of carbonyl (C=O) groups is 1. The van der Waals surface area contributed by atoms with Gasteiger partial charge in [-0.05, 0) is 36.8 Å². The van der Waals surface area contributed by atoms with E-state index in [4.69, 9.17) is 5.26 Å². The molecule has 0 saturated carbocycles. The monoisotopic (exact) mass is 280 g/mol. The van der Waals surface area contributed by atoms with E-state index in [1.165, 1.54) is 6.20 Å². The van der Waals surface area contributed by atoms with Crippen LogP contribution < -0.4 is 10.6 Å². The van der Waals surface area contributed by atoms with Gasteiger partial charge in [0.25, 0.3) is 5.91 Å². The van der Waals surface area contributed by atoms with Gasteiger partial charge < -0.3 is 10.6 Å². The molecule has 5 heteroatoms. The lowest BCUT2D eigenvalue weighted by molar-refractivity contribution is 0.102. The molecule has 2 rings (SSSR count). The largest absolute Gasteiger partial charge is 0.370 e. The third-order valence-corrected chi connectivity index (χ3v) is 2.83. The number of anilines is 2. The van der Waals surface area contributed by atoms with E-state index in [-0.39, 0.29) is 5.91 Å². The zero-order valence-corrected chi connectivity index (χ0v) is 11.8. The van der Waals surface area contributed by atoms with Crippen LogP contribution in [0.5, 0.6) is 0 Å². The summed E-state index contributed by atoms with van der Waals surface area (Å²) in [5, 5.41) is 14.7. The van der Waals surface area contributed by atoms with Crippen LogP contribution in [0.3, 0.4) is 0 Å². The first-order valence-electron chi connectivity index (χ1n) is 6.74. The topological polar surface area (TPSA) is 77.8 Å². The van der Waals surface area contributed by atoms with Gasteiger partial charge in [0, 0.05) is 18.4 Å². The van der Waals surface area contributed by atoms with Crippen molar-refractivity contribution in [2.24, 2.45) is 0 Å². The Hall–Kier alpha value is -2.87. The molecule has 0 aliphatic rings. The molecule has 0 radical (unpaired) electrons. The Balaban J connectivity index is 2.04. The summed E-state index contributed by atoms with van der Waals surface area (Å²) in [6.45, 7) is 2.92. The number of hydrogen-bond acceptors (Lipinski definition) is 4. The maximum Gasteiger partial charge on any atom is 0.257 e. The van der Waals surface area contributed by atoms with Crippen molar-refractivity contribution < 1.29 is 4.79 Å². The number of amides is 1. The zero-order valence-electron chi connectivity index (χ0n) is 11.8. The quantitative estimate of drug-likeness (QED) is 0.882. The van der Waals surface area contributed by atoms with Crippen molar-refractivity contribution in [1.29, 1.82) is 5.26 Å². The summed E-state index contributed by atoms with van der Waals surface area (Å²) in [5.41, 5.74) is 1.57. The number of hydrogen-bond donors (Lipinski definition) is 2. The van der Waals surface area contributed by atoms with E-state index in [0.717, 1.165) is 18.8 Å². The van der Waals surface area contributed by atoms with Crippen molar-refractivity contribution in [3.63, 3.8) is 0 Å². The highest BCUT2D eigenvalue weighted by Crippen LogP contribution is 2.12. The van der Waals surface area contributed by atoms with E-state index in [1.54, 1.807) is 36.4 Å². The van der Waals surface area contributed by atoms with Gasteiger partial charge in [0.2, 0.25) is 0 Å². The Morgan fingerprint density at radius 2 is 2.19 bits per heavy atom. The molecule has 0 atom stereocenters. The molecule has 0 fully saturated rings. The standard InChI is InChI=1S/C16H16N4O/c1-2-8-18-15-7-6-13(11-19-15)16(21)20-14-5-3-4-12(9-14)10-17/h3-7,9,11H,2,8H2,1H3,(H,18,19)(H,20,21). The summed E-state index contributed by atoms with van der Waals surface area (Å²) in [5.74, 6) is 0.500. The summed E-state index contributed by atoms with van der Waals surface area (Å²) in [4.78, 5) is 16.3. The number of pyridine rings is 1. The summed E-state index contributed by atoms with van der Waals surface area (Å²) in [7, 11) is 0. The van der Waals surface area contributed by atoms with Crippen LogP contribution in [0, 0.1) is 11.3 Å². The molecule has 106 valence electrons. The minimum absolute atomic E-state index is 0.250. The SMILES string of the molecule is CCCNc1ccc(C(=O)Nc2cccc(C#N)c2)cn1. The highest BCUT2D eigenvalue weighted by molar-refractivity contribution is 6.04. The molecule has 2 N–H and O–H groups in total. The van der Waals surface area contributed by atoms with Crippen LogP contribution in [-0.2, 0) is 0 Å². The lowest BCUT2D eigenvalue weighted by Crippen LogP contribution is -2.12. The molecule has 0 aliphatic carbocycles. The first-order chi connectivity index (χ1) is 10.2. The van der Waals surface area contributed by atoms with Crippen LogP contribution in [0.25, 0.3) is 0 Å². The predicted molar refractivity (Wildman–Crippen MR) is 82.1 cm³/mol. The van der Waals surface area contributed by atoms with E-state index in [0.29, 0.717) is 16.8 Å². The minimum Gasteiger partial charge on any atom is -0.370 e. The third kappa shape index (κ3) is 4.05. The van der Waals surface area contributed by atoms with Crippen molar-refractivity contribution in [3.05, 3.63) is 53.7 Å². The molecule has 0 bridgehead atoms. The van der Waals surface area contributed by atoms with Crippen LogP contribution in [0.15, 0.2) is 42.6 Å². The van der Waals surface area contributed by atoms with Crippen LogP contribution in [0.1, 0.15) is 29.3 Å². The Morgan fingerprint density at radius 3 is 2.86 bits per heavy atom. The molecule has 1 aromatic carbocycles. The fourth-order valence-corrected chi connectivity index (χ4v) is 1.76. The van der Waals surface area contributed by atoms with Crippen LogP contribution in [0.2, 0.25) is 0 Å². The number of nitrogens with zero attached hydrogens (tertiary/aromatic N) is 2. The molecule has 5 nitrogen and oxygen atoms in total. The average Bonchev–Trinajstić information content (AvgIpc) is 2.53. The molecule has 0 saturated heterocycles. The fraction of sp³-hybridized carbons (Fsp3) is 0.188. The molecule has 2 aromatic rings. The Kier molecular flexibility index (Phi) is 4.89. The molecule has 21 heavy (non-hydrogen) atoms. The number of carbonyl (C=O) groups excluding carboxylic acids is 1. The lowest BCUT2D eigenvalue weighted by Gasteiger charge is -2.07. The number of nitriles is 1. The van der Waals surface area contributed by atoms with E-state index in [1.807, 2.05) is 6.07 Å². The molecule has 1 heterocycles. The Morgan fingerprint density at radius 1 is 1.33 bits per heavy atom. The summed E-state index contributed by atoms with van der Waals surface area (Å²) < 4.78 is 0. The second-order valence-electron chi connectivity index (χ2n) is 4.51. The van der Waals surface area contributed by atoms with E-state index in [2.05, 4.69) is 22.5 Å². The van der Waals surface area contributed by atoms with Gasteiger partial charge in [0.1, 0.15) is 5.82 Å². The Bertz CT molecular complexity index is 659. The number of rotatable bonds is 5. The average molecular weight is 280 g/mol. The summed E-state index contributed by atoms with van der Waals surface area (Å²) >= 11 is 0. The van der Waals surface area contributed by atoms with Gasteiger partial charge in [-0.1, -0.05) is 13.0 Å². The fourth-order valence-electron chi connectivity index (χ4n) is 1.76. The van der Waals surface area contributed by atoms with Crippen molar-refractivity contribution >= 4 is 17.4 Å². The molecular formula is C16H16N4O. The van der Waals surface area contributed by atoms with Gasteiger partial charge in [-0.25, -0.2) is 4.98 Å². The second kappa shape index (κ2) is 7.06. The summed E-state index contributed by atoms with van der Waals surface area (Å²) in [6, 6.07) is 12.3. The Labute approximate surface area is 123 Å². The normalized spacial score (nSPS) is 9.71. The van der Waals surface area contributed by atoms with E-state index < -0.39 is 0 Å². The molecular weight excluding hydrogens is 264 g/mol. The number of nitrogens with one attached hydrogen (secondary N) is 2. The molecule has 0 aliphatic heterocycles. The first kappa shape index (κ1) is 14.5. The number of aromatic nitrogens is 1. The van der Waals surface area contributed by atoms with Crippen molar-refractivity contribution in [2.45, 2.75) is 13.3 Å². The van der Waals surface area contributed by atoms with Gasteiger partial charge in [-0.2, -0.15) is 5.26 Å². The summed E-state index contributed by atoms with van der Waals surface area (Å²) in [6.07, 6.45) is 2.54. The molecule has 0 spiro atoms. The highest BCUT2D eigenvalue weighted by Gasteiger charge is 2.07. The predicted octanol–water partition coefficient (Wildman–Crippen LogP) is 3.03. The van der Waals surface area contributed by atoms with Gasteiger partial charge in [0.05, 0.1) is 17.2 Å². The van der Waals surface area contributed by atoms with E-state index >= 15 is 0 Å². The highest BCUT2D eigenvalue weighted by atomic mass is 16.1. The van der Waals surface area contributed by atoms with Gasteiger partial charge in [0.15, 0.2) is 0 Å². The van der Waals surface area contributed by atoms with Crippen LogP contribution in [0.4, 0.5) is 11.5 Å². The van der Waals surface area contributed by atoms with Crippen molar-refractivity contribution in [3.8, 4) is 6.07 Å². The lowest BCUT2D eigenvalue weighted by atomic mass is 10.2. The molecule has 1 amide bonds. The van der Waals surface area contributed by atoms with Crippen LogP contribution >= 0.6 is 0 Å². The van der Waals surface area contributed by atoms with Crippen molar-refractivity contribution in [1.82, 2.24) is 4.98 Å². The van der Waals surface area contributed by atoms with Crippen molar-refractivity contribution in [2.75, 3.05) is 17.2 Å². The zero-order chi connectivity index (χ0) is 15.1. The molecule has 0 unspecified atom stereocenters. The molecule has 1 aromatic heterocycles. The van der Waals surface area contributed by atoms with Gasteiger partial charge in [-0.3, -0.25) is 4.79 Å². The second-order valence-corrected chi connectivity index (χ2v) is 4.51. The van der Waals surface area contributed by atoms with Crippen LogP contribution in [-0.4, -0.2) is 17.4 Å². The number of benzene rings is 1. The smallest absolute Gasteiger partial charge is 0.257 e. The van der Waals surface area contributed by atoms with E-state index in [9.17, 15) is 4.79 Å². The maximum absolute atomic E-state index is 12.1. The first-order valence-corrected chi connectivity index (χ1v) is 6.74. The van der Waals surface area contributed by atoms with Gasteiger partial charge >= 0.3 is 0 Å². The minimum atomic E-state index is -0.250. The maximum atomic E-state index is 12.1.